The predicted molar refractivity (Wildman–Crippen MR) is 33.8 cm³/mol. The highest BCUT2D eigenvalue weighted by molar-refractivity contribution is 5.62. The van der Waals surface area contributed by atoms with Gasteiger partial charge in [-0.3, -0.25) is 0 Å². The van der Waals surface area contributed by atoms with Crippen LogP contribution in [0.4, 0.5) is 0 Å². The zero-order valence-corrected chi connectivity index (χ0v) is 5.29. The van der Waals surface area contributed by atoms with Gasteiger partial charge in [0.15, 0.2) is 0 Å². The van der Waals surface area contributed by atoms with Gasteiger partial charge < -0.3 is 10.6 Å². The molecule has 0 aromatic rings. The van der Waals surface area contributed by atoms with Gasteiger partial charge in [0.2, 0.25) is 0 Å². The van der Waals surface area contributed by atoms with E-state index < -0.39 is 0 Å². The summed E-state index contributed by atoms with van der Waals surface area (Å²) in [6.07, 6.45) is 2.48. The van der Waals surface area contributed by atoms with Crippen molar-refractivity contribution in [2.24, 2.45) is 10.9 Å². The average Bonchev–Trinajstić information content (AvgIpc) is 1.83. The van der Waals surface area contributed by atoms with Crippen LogP contribution >= 0.6 is 0 Å². The van der Waals surface area contributed by atoms with Gasteiger partial charge in [-0.1, -0.05) is 12.1 Å². The lowest BCUT2D eigenvalue weighted by atomic mass is 10.3. The molecule has 0 aromatic heterocycles. The average molecular weight is 116 g/mol. The second kappa shape index (κ2) is 4.59. The summed E-state index contributed by atoms with van der Waals surface area (Å²) in [6, 6.07) is 0.0370. The van der Waals surface area contributed by atoms with Crippen LogP contribution in [0, 0.1) is 0 Å². The fourth-order valence-electron chi connectivity index (χ4n) is 0.244. The van der Waals surface area contributed by atoms with Crippen LogP contribution < -0.4 is 5.73 Å². The lowest BCUT2D eigenvalue weighted by molar-refractivity contribution is 0.214. The largest absolute Gasteiger partial charge is 0.399 e. The molecule has 0 amide bonds. The third kappa shape index (κ3) is 3.61. The Kier molecular flexibility index (Phi) is 4.26. The highest BCUT2D eigenvalue weighted by atomic mass is 16.6. The lowest BCUT2D eigenvalue weighted by Crippen LogP contribution is -2.19. The summed E-state index contributed by atoms with van der Waals surface area (Å²) < 4.78 is 0. The summed E-state index contributed by atoms with van der Waals surface area (Å²) in [5.41, 5.74) is 5.43. The van der Waals surface area contributed by atoms with Crippen LogP contribution in [0.5, 0.6) is 0 Å². The van der Waals surface area contributed by atoms with Gasteiger partial charge in [0.05, 0.1) is 6.21 Å². The first-order valence-electron chi connectivity index (χ1n) is 2.63. The summed E-state index contributed by atoms with van der Waals surface area (Å²) in [5, 5.41) is 3.49. The molecule has 0 radical (unpaired) electrons. The standard InChI is InChI=1S/C5H12N2O/c1-3-5(6)4-7-8-2/h4-5H,3,6H2,1-2H3. The van der Waals surface area contributed by atoms with Crippen LogP contribution in [-0.2, 0) is 4.84 Å². The number of nitrogens with two attached hydrogens (primary N) is 1. The molecule has 0 saturated heterocycles. The predicted octanol–water partition coefficient (Wildman–Crippen LogP) is 0.356. The van der Waals surface area contributed by atoms with Crippen molar-refractivity contribution < 1.29 is 4.84 Å². The van der Waals surface area contributed by atoms with Crippen LogP contribution in [0.25, 0.3) is 0 Å². The molecule has 0 bridgehead atoms. The van der Waals surface area contributed by atoms with E-state index in [1.54, 1.807) is 6.21 Å². The van der Waals surface area contributed by atoms with E-state index in [0.29, 0.717) is 0 Å². The van der Waals surface area contributed by atoms with Crippen molar-refractivity contribution in [1.29, 1.82) is 0 Å². The van der Waals surface area contributed by atoms with Gasteiger partial charge in [-0.25, -0.2) is 0 Å². The Labute approximate surface area is 49.5 Å². The highest BCUT2D eigenvalue weighted by Crippen LogP contribution is 1.79. The van der Waals surface area contributed by atoms with Crippen molar-refractivity contribution in [3.63, 3.8) is 0 Å². The molecule has 8 heavy (non-hydrogen) atoms. The fourth-order valence-corrected chi connectivity index (χ4v) is 0.244. The molecule has 0 aromatic carbocycles. The molecular formula is C5H12N2O. The minimum Gasteiger partial charge on any atom is -0.399 e. The van der Waals surface area contributed by atoms with Crippen LogP contribution in [-0.4, -0.2) is 19.4 Å². The zero-order valence-electron chi connectivity index (χ0n) is 5.29. The first-order valence-corrected chi connectivity index (χ1v) is 2.63. The Morgan fingerprint density at radius 1 is 1.88 bits per heavy atom. The third-order valence-corrected chi connectivity index (χ3v) is 0.829. The summed E-state index contributed by atoms with van der Waals surface area (Å²) in [5.74, 6) is 0. The van der Waals surface area contributed by atoms with Crippen molar-refractivity contribution in [1.82, 2.24) is 0 Å². The van der Waals surface area contributed by atoms with E-state index in [4.69, 9.17) is 5.73 Å². The van der Waals surface area contributed by atoms with E-state index in [1.807, 2.05) is 6.92 Å². The number of hydrogen-bond acceptors (Lipinski definition) is 3. The van der Waals surface area contributed by atoms with Crippen LogP contribution in [0.3, 0.4) is 0 Å². The topological polar surface area (TPSA) is 47.6 Å². The van der Waals surface area contributed by atoms with Crippen molar-refractivity contribution in [2.75, 3.05) is 7.11 Å². The third-order valence-electron chi connectivity index (χ3n) is 0.829. The maximum absolute atomic E-state index is 5.43. The molecule has 2 N–H and O–H groups in total. The molecule has 0 heterocycles. The Hall–Kier alpha value is -0.570. The van der Waals surface area contributed by atoms with E-state index in [-0.39, 0.29) is 6.04 Å². The normalized spacial score (nSPS) is 14.4. The zero-order chi connectivity index (χ0) is 6.41. The second-order valence-electron chi connectivity index (χ2n) is 1.51. The molecule has 0 spiro atoms. The summed E-state index contributed by atoms with van der Waals surface area (Å²) in [6.45, 7) is 1.99. The lowest BCUT2D eigenvalue weighted by Gasteiger charge is -1.96. The summed E-state index contributed by atoms with van der Waals surface area (Å²) in [7, 11) is 1.50. The van der Waals surface area contributed by atoms with Gasteiger partial charge in [0.25, 0.3) is 0 Å². The van der Waals surface area contributed by atoms with Gasteiger partial charge >= 0.3 is 0 Å². The van der Waals surface area contributed by atoms with Gasteiger partial charge in [-0.15, -0.1) is 0 Å². The van der Waals surface area contributed by atoms with E-state index in [1.165, 1.54) is 7.11 Å². The first-order chi connectivity index (χ1) is 3.81. The smallest absolute Gasteiger partial charge is 0.106 e. The molecule has 3 nitrogen and oxygen atoms in total. The van der Waals surface area contributed by atoms with Crippen molar-refractivity contribution in [2.45, 2.75) is 19.4 Å². The Morgan fingerprint density at radius 3 is 2.88 bits per heavy atom. The van der Waals surface area contributed by atoms with Crippen LogP contribution in [0.15, 0.2) is 5.16 Å². The molecule has 0 aliphatic carbocycles. The van der Waals surface area contributed by atoms with Gasteiger partial charge in [0, 0.05) is 6.04 Å². The molecule has 1 atom stereocenters. The second-order valence-corrected chi connectivity index (χ2v) is 1.51. The van der Waals surface area contributed by atoms with Crippen molar-refractivity contribution >= 4 is 6.21 Å². The highest BCUT2D eigenvalue weighted by Gasteiger charge is 1.89. The molecule has 0 aliphatic heterocycles. The maximum atomic E-state index is 5.43. The van der Waals surface area contributed by atoms with E-state index in [0.717, 1.165) is 6.42 Å². The van der Waals surface area contributed by atoms with Crippen LogP contribution in [0.2, 0.25) is 0 Å². The quantitative estimate of drug-likeness (QED) is 0.427. The molecule has 48 valence electrons. The molecule has 0 aliphatic rings. The molecule has 0 rings (SSSR count). The minimum atomic E-state index is 0.0370. The Bertz CT molecular complexity index is 72.8. The number of rotatable bonds is 3. The first kappa shape index (κ1) is 7.43. The molecule has 3 heteroatoms. The van der Waals surface area contributed by atoms with E-state index in [9.17, 15) is 0 Å². The maximum Gasteiger partial charge on any atom is 0.106 e. The molecule has 0 fully saturated rings. The number of oxime groups is 1. The van der Waals surface area contributed by atoms with Crippen molar-refractivity contribution in [3.05, 3.63) is 0 Å². The minimum absolute atomic E-state index is 0.0370. The fraction of sp³-hybridized carbons (Fsp3) is 0.800. The van der Waals surface area contributed by atoms with E-state index >= 15 is 0 Å². The molecule has 0 saturated carbocycles. The van der Waals surface area contributed by atoms with Gasteiger partial charge in [-0.05, 0) is 6.42 Å². The molecule has 1 unspecified atom stereocenters. The summed E-state index contributed by atoms with van der Waals surface area (Å²) in [4.78, 5) is 4.40. The monoisotopic (exact) mass is 116 g/mol. The van der Waals surface area contributed by atoms with Crippen molar-refractivity contribution in [3.8, 4) is 0 Å². The van der Waals surface area contributed by atoms with E-state index in [2.05, 4.69) is 9.99 Å². The van der Waals surface area contributed by atoms with Crippen LogP contribution in [0.1, 0.15) is 13.3 Å². The Balaban J connectivity index is 3.21. The van der Waals surface area contributed by atoms with Gasteiger partial charge in [-0.2, -0.15) is 0 Å². The SMILES string of the molecule is CCC(N)C=NOC. The molecular weight excluding hydrogens is 104 g/mol. The number of hydrogen-bond donors (Lipinski definition) is 1. The summed E-state index contributed by atoms with van der Waals surface area (Å²) >= 11 is 0. The van der Waals surface area contributed by atoms with Gasteiger partial charge in [0.1, 0.15) is 7.11 Å². The Morgan fingerprint density at radius 2 is 2.50 bits per heavy atom. The number of nitrogens with zero attached hydrogens (tertiary/aromatic N) is 1.